The van der Waals surface area contributed by atoms with Gasteiger partial charge in [0.1, 0.15) is 17.0 Å². The Balaban J connectivity index is 1.79. The van der Waals surface area contributed by atoms with E-state index in [1.165, 1.54) is 16.5 Å². The number of nitrogens with one attached hydrogen (secondary N) is 2. The largest absolute Gasteiger partial charge is 0.370 e. The smallest absolute Gasteiger partial charge is 0.147 e. The van der Waals surface area contributed by atoms with Crippen molar-refractivity contribution in [3.8, 4) is 0 Å². The molecule has 0 unspecified atom stereocenters. The van der Waals surface area contributed by atoms with Crippen LogP contribution in [0, 0.1) is 0 Å². The van der Waals surface area contributed by atoms with Crippen molar-refractivity contribution in [3.05, 3.63) is 23.1 Å². The van der Waals surface area contributed by atoms with Crippen molar-refractivity contribution in [1.82, 2.24) is 15.0 Å². The topological polar surface area (TPSA) is 64.4 Å². The van der Waals surface area contributed by atoms with Crippen LogP contribution < -0.4 is 10.2 Å². The van der Waals surface area contributed by atoms with E-state index in [1.807, 2.05) is 0 Å². The standard InChI is InChI=1S/C22H31N5OS/c1-6-16-15-12-28-22(4,5)11-14(15)17-18-19(29-21(17)26-16)20(25-13-24-18)23-9-10-27(7-2)8-3/h13H,6-12H2,1-5H3,(H,23,24,25)/p+1. The molecule has 0 fully saturated rings. The molecule has 7 heteroatoms. The van der Waals surface area contributed by atoms with Gasteiger partial charge >= 0.3 is 0 Å². The third-order valence-electron chi connectivity index (χ3n) is 6.02. The van der Waals surface area contributed by atoms with E-state index < -0.39 is 0 Å². The molecule has 156 valence electrons. The van der Waals surface area contributed by atoms with Gasteiger partial charge in [-0.05, 0) is 39.7 Å². The number of thiophene rings is 1. The normalized spacial score (nSPS) is 15.9. The van der Waals surface area contributed by atoms with Crippen molar-refractivity contribution >= 4 is 37.6 Å². The Morgan fingerprint density at radius 1 is 1.17 bits per heavy atom. The fourth-order valence-electron chi connectivity index (χ4n) is 4.25. The minimum absolute atomic E-state index is 0.165. The summed E-state index contributed by atoms with van der Waals surface area (Å²) in [6, 6.07) is 0. The van der Waals surface area contributed by atoms with E-state index in [4.69, 9.17) is 14.7 Å². The highest BCUT2D eigenvalue weighted by atomic mass is 32.1. The van der Waals surface area contributed by atoms with Crippen LogP contribution in [0.5, 0.6) is 0 Å². The van der Waals surface area contributed by atoms with Gasteiger partial charge in [0.15, 0.2) is 0 Å². The predicted octanol–water partition coefficient (Wildman–Crippen LogP) is 2.99. The molecule has 2 N–H and O–H groups in total. The highest BCUT2D eigenvalue weighted by molar-refractivity contribution is 7.26. The van der Waals surface area contributed by atoms with E-state index in [2.05, 4.69) is 44.9 Å². The molecule has 4 heterocycles. The second-order valence-corrected chi connectivity index (χ2v) is 9.41. The molecule has 4 rings (SSSR count). The molecule has 1 aliphatic rings. The van der Waals surface area contributed by atoms with Crippen molar-refractivity contribution in [2.24, 2.45) is 0 Å². The predicted molar refractivity (Wildman–Crippen MR) is 120 cm³/mol. The molecule has 0 amide bonds. The molecule has 0 aliphatic carbocycles. The highest BCUT2D eigenvalue weighted by Crippen LogP contribution is 2.42. The number of rotatable bonds is 7. The van der Waals surface area contributed by atoms with Gasteiger partial charge in [-0.15, -0.1) is 11.3 Å². The summed E-state index contributed by atoms with van der Waals surface area (Å²) in [5.41, 5.74) is 4.65. The first-order valence-corrected chi connectivity index (χ1v) is 11.6. The molecule has 0 aromatic carbocycles. The van der Waals surface area contributed by atoms with E-state index in [9.17, 15) is 0 Å². The summed E-state index contributed by atoms with van der Waals surface area (Å²) in [6.07, 6.45) is 3.49. The summed E-state index contributed by atoms with van der Waals surface area (Å²) in [5, 5.41) is 4.76. The van der Waals surface area contributed by atoms with Gasteiger partial charge in [0.05, 0.1) is 48.6 Å². The van der Waals surface area contributed by atoms with Gasteiger partial charge in [0.2, 0.25) is 0 Å². The van der Waals surface area contributed by atoms with Crippen molar-refractivity contribution in [1.29, 1.82) is 0 Å². The molecule has 3 aromatic heterocycles. The third-order valence-corrected chi connectivity index (χ3v) is 7.10. The van der Waals surface area contributed by atoms with Crippen LogP contribution in [-0.4, -0.2) is 46.7 Å². The Bertz CT molecular complexity index is 1030. The molecule has 0 saturated heterocycles. The fourth-order valence-corrected chi connectivity index (χ4v) is 5.40. The van der Waals surface area contributed by atoms with Crippen LogP contribution in [0.15, 0.2) is 6.33 Å². The maximum Gasteiger partial charge on any atom is 0.147 e. The van der Waals surface area contributed by atoms with Gasteiger partial charge in [-0.2, -0.15) is 0 Å². The summed E-state index contributed by atoms with van der Waals surface area (Å²) in [4.78, 5) is 16.9. The zero-order valence-corrected chi connectivity index (χ0v) is 19.0. The van der Waals surface area contributed by atoms with Gasteiger partial charge in [0.25, 0.3) is 0 Å². The minimum atomic E-state index is -0.165. The number of hydrogen-bond donors (Lipinski definition) is 2. The number of likely N-dealkylation sites (N-methyl/N-ethyl adjacent to an activating group) is 1. The lowest BCUT2D eigenvalue weighted by Gasteiger charge is -2.33. The monoisotopic (exact) mass is 414 g/mol. The SMILES string of the molecule is CCc1nc2sc3c(NCC[NH+](CC)CC)ncnc3c2c2c1COC(C)(C)C2. The van der Waals surface area contributed by atoms with E-state index in [0.717, 1.165) is 65.6 Å². The number of fused-ring (bicyclic) bond motifs is 5. The molecule has 0 bridgehead atoms. The Hall–Kier alpha value is -1.83. The molecular formula is C22H32N5OS+. The Morgan fingerprint density at radius 3 is 2.69 bits per heavy atom. The number of quaternary nitrogens is 1. The van der Waals surface area contributed by atoms with E-state index in [1.54, 1.807) is 22.6 Å². The van der Waals surface area contributed by atoms with Crippen molar-refractivity contribution in [3.63, 3.8) is 0 Å². The number of nitrogens with zero attached hydrogens (tertiary/aromatic N) is 3. The van der Waals surface area contributed by atoms with Crippen molar-refractivity contribution < 1.29 is 9.64 Å². The lowest BCUT2D eigenvalue weighted by Crippen LogP contribution is -3.12. The zero-order chi connectivity index (χ0) is 20.6. The van der Waals surface area contributed by atoms with Crippen molar-refractivity contribution in [2.75, 3.05) is 31.5 Å². The second-order valence-electron chi connectivity index (χ2n) is 8.41. The van der Waals surface area contributed by atoms with Crippen LogP contribution in [0.4, 0.5) is 5.82 Å². The van der Waals surface area contributed by atoms with E-state index in [0.29, 0.717) is 6.61 Å². The lowest BCUT2D eigenvalue weighted by atomic mass is 9.89. The average molecular weight is 415 g/mol. The summed E-state index contributed by atoms with van der Waals surface area (Å²) in [6.45, 7) is 15.9. The van der Waals surface area contributed by atoms with Crippen LogP contribution in [0.25, 0.3) is 20.4 Å². The Kier molecular flexibility index (Phi) is 5.73. The number of aryl methyl sites for hydroxylation is 1. The lowest BCUT2D eigenvalue weighted by molar-refractivity contribution is -0.894. The van der Waals surface area contributed by atoms with Crippen LogP contribution >= 0.6 is 11.3 Å². The fraction of sp³-hybridized carbons (Fsp3) is 0.591. The molecular weight excluding hydrogens is 382 g/mol. The molecule has 3 aromatic rings. The summed E-state index contributed by atoms with van der Waals surface area (Å²) < 4.78 is 7.22. The zero-order valence-electron chi connectivity index (χ0n) is 18.2. The summed E-state index contributed by atoms with van der Waals surface area (Å²) in [7, 11) is 0. The number of anilines is 1. The molecule has 0 spiro atoms. The molecule has 1 aliphatic heterocycles. The van der Waals surface area contributed by atoms with Crippen LogP contribution in [0.1, 0.15) is 51.4 Å². The van der Waals surface area contributed by atoms with Crippen LogP contribution in [0.2, 0.25) is 0 Å². The Labute approximate surface area is 176 Å². The van der Waals surface area contributed by atoms with Gasteiger partial charge in [-0.3, -0.25) is 0 Å². The number of aromatic nitrogens is 3. The maximum absolute atomic E-state index is 6.11. The Morgan fingerprint density at radius 2 is 1.97 bits per heavy atom. The summed E-state index contributed by atoms with van der Waals surface area (Å²) in [5.74, 6) is 0.933. The molecule has 6 nitrogen and oxygen atoms in total. The quantitative estimate of drug-likeness (QED) is 0.622. The maximum atomic E-state index is 6.11. The average Bonchev–Trinajstić information content (AvgIpc) is 3.09. The van der Waals surface area contributed by atoms with Crippen molar-refractivity contribution in [2.45, 2.75) is 59.7 Å². The second kappa shape index (κ2) is 8.13. The molecule has 0 saturated carbocycles. The van der Waals surface area contributed by atoms with Gasteiger partial charge in [-0.25, -0.2) is 15.0 Å². The number of ether oxygens (including phenoxy) is 1. The first kappa shape index (κ1) is 20.4. The molecule has 0 radical (unpaired) electrons. The molecule has 0 atom stereocenters. The molecule has 29 heavy (non-hydrogen) atoms. The third kappa shape index (κ3) is 3.83. The highest BCUT2D eigenvalue weighted by Gasteiger charge is 2.31. The van der Waals surface area contributed by atoms with Gasteiger partial charge in [0, 0.05) is 23.1 Å². The van der Waals surface area contributed by atoms with Crippen LogP contribution in [-0.2, 0) is 24.2 Å². The van der Waals surface area contributed by atoms with Crippen LogP contribution in [0.3, 0.4) is 0 Å². The minimum Gasteiger partial charge on any atom is -0.370 e. The van der Waals surface area contributed by atoms with Gasteiger partial charge in [-0.1, -0.05) is 6.92 Å². The number of hydrogen-bond acceptors (Lipinski definition) is 6. The van der Waals surface area contributed by atoms with E-state index >= 15 is 0 Å². The summed E-state index contributed by atoms with van der Waals surface area (Å²) >= 11 is 1.71. The number of pyridine rings is 1. The van der Waals surface area contributed by atoms with E-state index in [-0.39, 0.29) is 5.60 Å². The first-order valence-electron chi connectivity index (χ1n) is 10.8. The van der Waals surface area contributed by atoms with Gasteiger partial charge < -0.3 is 15.0 Å². The first-order chi connectivity index (χ1) is 14.0.